The summed E-state index contributed by atoms with van der Waals surface area (Å²) in [7, 11) is 1.85. The zero-order valence-electron chi connectivity index (χ0n) is 17.7. The van der Waals surface area contributed by atoms with Crippen LogP contribution in [0.2, 0.25) is 0 Å². The molecule has 0 unspecified atom stereocenters. The molecule has 2 aromatic heterocycles. The van der Waals surface area contributed by atoms with Crippen molar-refractivity contribution in [3.05, 3.63) is 59.4 Å². The Bertz CT molecular complexity index is 1200. The number of nitrogens with zero attached hydrogens (tertiary/aromatic N) is 5. The van der Waals surface area contributed by atoms with Crippen molar-refractivity contribution in [2.45, 2.75) is 18.8 Å². The lowest BCUT2D eigenvalue weighted by Crippen LogP contribution is -2.28. The van der Waals surface area contributed by atoms with Crippen LogP contribution < -0.4 is 15.1 Å². The molecule has 0 atom stereocenters. The molecule has 0 aliphatic carbocycles. The molecule has 0 radical (unpaired) electrons. The van der Waals surface area contributed by atoms with Crippen LogP contribution in [-0.4, -0.2) is 35.3 Å². The number of pyridine rings is 1. The second-order valence-electron chi connectivity index (χ2n) is 7.53. The fourth-order valence-electron chi connectivity index (χ4n) is 3.49. The lowest BCUT2D eigenvalue weighted by Gasteiger charge is -2.27. The lowest BCUT2D eigenvalue weighted by atomic mass is 10.1. The second-order valence-corrected chi connectivity index (χ2v) is 8.50. The van der Waals surface area contributed by atoms with Crippen molar-refractivity contribution in [1.82, 2.24) is 15.2 Å². The van der Waals surface area contributed by atoms with Gasteiger partial charge in [0.1, 0.15) is 5.82 Å². The Balaban J connectivity index is 1.68. The Morgan fingerprint density at radius 2 is 1.79 bits per heavy atom. The fourth-order valence-corrected chi connectivity index (χ4v) is 4.12. The predicted molar refractivity (Wildman–Crippen MR) is 118 cm³/mol. The van der Waals surface area contributed by atoms with Crippen LogP contribution in [0.25, 0.3) is 11.3 Å². The van der Waals surface area contributed by atoms with E-state index in [0.29, 0.717) is 48.0 Å². The molecule has 34 heavy (non-hydrogen) atoms. The predicted octanol–water partition coefficient (Wildman–Crippen LogP) is 5.87. The van der Waals surface area contributed by atoms with Gasteiger partial charge in [-0.2, -0.15) is 26.3 Å². The van der Waals surface area contributed by atoms with Gasteiger partial charge in [0.05, 0.1) is 16.9 Å². The van der Waals surface area contributed by atoms with Crippen LogP contribution in [0.1, 0.15) is 17.0 Å². The van der Waals surface area contributed by atoms with E-state index in [-0.39, 0.29) is 16.5 Å². The Morgan fingerprint density at radius 3 is 2.47 bits per heavy atom. The highest BCUT2D eigenvalue weighted by molar-refractivity contribution is 7.15. The Hall–Kier alpha value is -3.35. The molecular formula is C21H18F6N6S. The van der Waals surface area contributed by atoms with E-state index in [9.17, 15) is 26.3 Å². The Labute approximate surface area is 194 Å². The van der Waals surface area contributed by atoms with Gasteiger partial charge >= 0.3 is 12.4 Å². The summed E-state index contributed by atoms with van der Waals surface area (Å²) in [5.41, 5.74) is 0.498. The Kier molecular flexibility index (Phi) is 6.14. The number of nitrogens with one attached hydrogen (secondary N) is 1. The molecule has 3 aromatic rings. The zero-order chi connectivity index (χ0) is 24.7. The first kappa shape index (κ1) is 23.8. The van der Waals surface area contributed by atoms with E-state index in [1.165, 1.54) is 12.1 Å². The van der Waals surface area contributed by atoms with Gasteiger partial charge in [0.15, 0.2) is 5.82 Å². The monoisotopic (exact) mass is 500 g/mol. The first-order valence-corrected chi connectivity index (χ1v) is 10.8. The Morgan fingerprint density at radius 1 is 1.03 bits per heavy atom. The average Bonchev–Trinajstić information content (AvgIpc) is 3.18. The number of anilines is 3. The van der Waals surface area contributed by atoms with Crippen molar-refractivity contribution in [2.75, 3.05) is 35.3 Å². The molecule has 0 saturated carbocycles. The second kappa shape index (κ2) is 8.78. The number of benzene rings is 1. The van der Waals surface area contributed by atoms with E-state index in [1.807, 2.05) is 11.9 Å². The molecule has 0 bridgehead atoms. The SMILES string of the molecule is C=C(Nc1nnc(C(F)(F)F)s1)N1CCCN(C)c2ccc(-c3cccc(C(F)(F)F)c3)nc21. The maximum Gasteiger partial charge on any atom is 0.445 e. The van der Waals surface area contributed by atoms with Gasteiger partial charge in [-0.1, -0.05) is 30.0 Å². The first-order valence-electron chi connectivity index (χ1n) is 9.97. The van der Waals surface area contributed by atoms with Crippen LogP contribution >= 0.6 is 11.3 Å². The number of hydrogen-bond acceptors (Lipinski definition) is 7. The van der Waals surface area contributed by atoms with Crippen LogP contribution in [0, 0.1) is 0 Å². The minimum atomic E-state index is -4.61. The summed E-state index contributed by atoms with van der Waals surface area (Å²) in [4.78, 5) is 8.22. The molecule has 6 nitrogen and oxygen atoms in total. The average molecular weight is 500 g/mol. The van der Waals surface area contributed by atoms with Crippen molar-refractivity contribution in [3.63, 3.8) is 0 Å². The molecule has 1 N–H and O–H groups in total. The highest BCUT2D eigenvalue weighted by Crippen LogP contribution is 2.37. The molecule has 0 spiro atoms. The minimum absolute atomic E-state index is 0.0921. The van der Waals surface area contributed by atoms with Gasteiger partial charge in [0.2, 0.25) is 10.1 Å². The summed E-state index contributed by atoms with van der Waals surface area (Å²) in [5, 5.41) is 8.23. The van der Waals surface area contributed by atoms with E-state index in [2.05, 4.69) is 27.1 Å². The van der Waals surface area contributed by atoms with Gasteiger partial charge in [-0.3, -0.25) is 0 Å². The molecule has 1 aromatic carbocycles. The topological polar surface area (TPSA) is 57.2 Å². The van der Waals surface area contributed by atoms with E-state index >= 15 is 0 Å². The van der Waals surface area contributed by atoms with Crippen molar-refractivity contribution >= 4 is 28.0 Å². The molecule has 180 valence electrons. The third-order valence-electron chi connectivity index (χ3n) is 5.13. The van der Waals surface area contributed by atoms with Crippen LogP contribution in [0.4, 0.5) is 43.0 Å². The smallest absolute Gasteiger partial charge is 0.372 e. The van der Waals surface area contributed by atoms with Crippen molar-refractivity contribution in [3.8, 4) is 11.3 Å². The van der Waals surface area contributed by atoms with Crippen LogP contribution in [0.15, 0.2) is 48.8 Å². The van der Waals surface area contributed by atoms with Crippen LogP contribution in [0.3, 0.4) is 0 Å². The number of alkyl halides is 6. The van der Waals surface area contributed by atoms with Gasteiger partial charge in [-0.05, 0) is 30.7 Å². The van der Waals surface area contributed by atoms with E-state index in [4.69, 9.17) is 0 Å². The van der Waals surface area contributed by atoms with Crippen molar-refractivity contribution in [1.29, 1.82) is 0 Å². The van der Waals surface area contributed by atoms with Gasteiger partial charge in [-0.15, -0.1) is 10.2 Å². The fraction of sp³-hybridized carbons (Fsp3) is 0.286. The number of halogens is 6. The van der Waals surface area contributed by atoms with Crippen LogP contribution in [-0.2, 0) is 12.4 Å². The molecule has 1 aliphatic rings. The zero-order valence-corrected chi connectivity index (χ0v) is 18.5. The number of aromatic nitrogens is 3. The van der Waals surface area contributed by atoms with Gasteiger partial charge < -0.3 is 15.1 Å². The van der Waals surface area contributed by atoms with E-state index < -0.39 is 22.9 Å². The molecule has 0 saturated heterocycles. The summed E-state index contributed by atoms with van der Waals surface area (Å²) in [6.45, 7) is 5.01. The summed E-state index contributed by atoms with van der Waals surface area (Å²) in [6.07, 6.45) is -8.43. The molecule has 1 aliphatic heterocycles. The first-order chi connectivity index (χ1) is 15.9. The molecule has 4 rings (SSSR count). The van der Waals surface area contributed by atoms with Crippen molar-refractivity contribution in [2.24, 2.45) is 0 Å². The highest BCUT2D eigenvalue weighted by atomic mass is 32.1. The summed E-state index contributed by atoms with van der Waals surface area (Å²) in [5.74, 6) is 0.628. The van der Waals surface area contributed by atoms with E-state index in [0.717, 1.165) is 12.1 Å². The third kappa shape index (κ3) is 4.93. The molecular weight excluding hydrogens is 482 g/mol. The quantitative estimate of drug-likeness (QED) is 0.453. The van der Waals surface area contributed by atoms with E-state index in [1.54, 1.807) is 17.0 Å². The molecule has 0 amide bonds. The lowest BCUT2D eigenvalue weighted by molar-refractivity contribution is -0.138. The van der Waals surface area contributed by atoms with Crippen molar-refractivity contribution < 1.29 is 26.3 Å². The molecule has 0 fully saturated rings. The largest absolute Gasteiger partial charge is 0.445 e. The van der Waals surface area contributed by atoms with Gasteiger partial charge in [0.25, 0.3) is 0 Å². The summed E-state index contributed by atoms with van der Waals surface area (Å²) in [6, 6.07) is 8.22. The normalized spacial score (nSPS) is 14.6. The number of rotatable bonds is 4. The van der Waals surface area contributed by atoms with Crippen LogP contribution in [0.5, 0.6) is 0 Å². The number of hydrogen-bond donors (Lipinski definition) is 1. The third-order valence-corrected chi connectivity index (χ3v) is 6.01. The minimum Gasteiger partial charge on any atom is -0.372 e. The molecule has 13 heteroatoms. The highest BCUT2D eigenvalue weighted by Gasteiger charge is 2.36. The maximum atomic E-state index is 13.2. The molecule has 3 heterocycles. The standard InChI is InChI=1S/C21H18F6N6S/c1-12(28-19-31-30-18(34-19)21(25,26)27)33-10-4-9-32(2)16-8-7-15(29-17(16)33)13-5-3-6-14(11-13)20(22,23)24/h3,5-8,11H,1,4,9-10H2,2H3,(H,28,31). The summed E-state index contributed by atoms with van der Waals surface area (Å²) < 4.78 is 78.1. The summed E-state index contributed by atoms with van der Waals surface area (Å²) >= 11 is 0.340. The van der Waals surface area contributed by atoms with Gasteiger partial charge in [-0.25, -0.2) is 4.98 Å². The maximum absolute atomic E-state index is 13.2. The van der Waals surface area contributed by atoms with Gasteiger partial charge in [0, 0.05) is 25.7 Å². The number of fused-ring (bicyclic) bond motifs is 1.